The zero-order valence-corrected chi connectivity index (χ0v) is 14.7. The van der Waals surface area contributed by atoms with E-state index in [1.54, 1.807) is 0 Å². The third-order valence-electron chi connectivity index (χ3n) is 4.59. The minimum Gasteiger partial charge on any atom is -0.353 e. The minimum absolute atomic E-state index is 0.0177. The average Bonchev–Trinajstić information content (AvgIpc) is 3.20. The predicted octanol–water partition coefficient (Wildman–Crippen LogP) is 2.99. The first-order chi connectivity index (χ1) is 12.2. The second kappa shape index (κ2) is 6.64. The summed E-state index contributed by atoms with van der Waals surface area (Å²) in [4.78, 5) is 10.9. The summed E-state index contributed by atoms with van der Waals surface area (Å²) < 4.78 is 2.15. The number of hydrogen-bond donors (Lipinski definition) is 1. The van der Waals surface area contributed by atoms with Gasteiger partial charge in [0.2, 0.25) is 0 Å². The molecule has 0 aromatic carbocycles. The van der Waals surface area contributed by atoms with Crippen molar-refractivity contribution >= 4 is 17.3 Å². The standard InChI is InChI=1S/C19H19N5S/c1-23-12-4-6-16(23)18-17(15-5-2-3-9-21-15)22-19(25)24(18)13-14-7-10-20-11-8-14/h2-12,17-18H,13H2,1H3,(H,22,25). The second-order valence-electron chi connectivity index (χ2n) is 6.15. The van der Waals surface area contributed by atoms with Crippen molar-refractivity contribution < 1.29 is 0 Å². The summed E-state index contributed by atoms with van der Waals surface area (Å²) in [5, 5.41) is 4.22. The van der Waals surface area contributed by atoms with Gasteiger partial charge in [-0.05, 0) is 54.2 Å². The smallest absolute Gasteiger partial charge is 0.170 e. The van der Waals surface area contributed by atoms with E-state index in [0.29, 0.717) is 0 Å². The van der Waals surface area contributed by atoms with Gasteiger partial charge in [-0.25, -0.2) is 0 Å². The Morgan fingerprint density at radius 1 is 1.08 bits per heavy atom. The fourth-order valence-electron chi connectivity index (χ4n) is 3.36. The van der Waals surface area contributed by atoms with Gasteiger partial charge < -0.3 is 14.8 Å². The van der Waals surface area contributed by atoms with Crippen LogP contribution < -0.4 is 5.32 Å². The Balaban J connectivity index is 1.74. The summed E-state index contributed by atoms with van der Waals surface area (Å²) in [6.45, 7) is 0.730. The lowest BCUT2D eigenvalue weighted by atomic mass is 10.0. The van der Waals surface area contributed by atoms with Crippen molar-refractivity contribution in [1.29, 1.82) is 0 Å². The molecule has 1 aliphatic heterocycles. The molecule has 0 spiro atoms. The zero-order valence-electron chi connectivity index (χ0n) is 13.9. The van der Waals surface area contributed by atoms with Crippen LogP contribution in [-0.2, 0) is 13.6 Å². The number of thiocarbonyl (C=S) groups is 1. The molecule has 2 unspecified atom stereocenters. The molecule has 6 heteroatoms. The van der Waals surface area contributed by atoms with E-state index in [0.717, 1.165) is 17.4 Å². The number of rotatable bonds is 4. The molecule has 126 valence electrons. The van der Waals surface area contributed by atoms with Gasteiger partial charge in [0.1, 0.15) is 0 Å². The van der Waals surface area contributed by atoms with E-state index >= 15 is 0 Å². The summed E-state index contributed by atoms with van der Waals surface area (Å²) in [6, 6.07) is 14.4. The molecule has 0 amide bonds. The zero-order chi connectivity index (χ0) is 17.2. The highest BCUT2D eigenvalue weighted by Crippen LogP contribution is 2.39. The molecule has 1 N–H and O–H groups in total. The Labute approximate surface area is 152 Å². The van der Waals surface area contributed by atoms with Crippen LogP contribution in [0.2, 0.25) is 0 Å². The molecular weight excluding hydrogens is 330 g/mol. The van der Waals surface area contributed by atoms with Crippen LogP contribution in [0, 0.1) is 0 Å². The van der Waals surface area contributed by atoms with Gasteiger partial charge in [-0.1, -0.05) is 6.07 Å². The van der Waals surface area contributed by atoms with Crippen molar-refractivity contribution in [2.45, 2.75) is 18.6 Å². The van der Waals surface area contributed by atoms with Gasteiger partial charge in [0.15, 0.2) is 5.11 Å². The second-order valence-corrected chi connectivity index (χ2v) is 6.54. The summed E-state index contributed by atoms with van der Waals surface area (Å²) in [7, 11) is 2.07. The number of aryl methyl sites for hydroxylation is 1. The van der Waals surface area contributed by atoms with Gasteiger partial charge in [0.05, 0.1) is 17.8 Å². The molecule has 1 aliphatic rings. The van der Waals surface area contributed by atoms with E-state index in [1.165, 1.54) is 11.3 Å². The number of pyridine rings is 2. The van der Waals surface area contributed by atoms with Gasteiger partial charge in [0, 0.05) is 44.1 Å². The largest absolute Gasteiger partial charge is 0.353 e. The van der Waals surface area contributed by atoms with Crippen molar-refractivity contribution in [3.63, 3.8) is 0 Å². The van der Waals surface area contributed by atoms with Crippen LogP contribution in [0.5, 0.6) is 0 Å². The maximum absolute atomic E-state index is 5.67. The molecule has 0 radical (unpaired) electrons. The Hall–Kier alpha value is -2.73. The lowest BCUT2D eigenvalue weighted by molar-refractivity contribution is 0.299. The van der Waals surface area contributed by atoms with Crippen LogP contribution in [0.1, 0.15) is 29.0 Å². The van der Waals surface area contributed by atoms with Crippen LogP contribution in [-0.4, -0.2) is 24.5 Å². The summed E-state index contributed by atoms with van der Waals surface area (Å²) in [5.41, 5.74) is 3.38. The third kappa shape index (κ3) is 3.00. The first kappa shape index (κ1) is 15.8. The highest BCUT2D eigenvalue weighted by Gasteiger charge is 2.40. The maximum atomic E-state index is 5.67. The normalized spacial score (nSPS) is 19.9. The molecule has 5 nitrogen and oxygen atoms in total. The predicted molar refractivity (Wildman–Crippen MR) is 101 cm³/mol. The van der Waals surface area contributed by atoms with Gasteiger partial charge in [-0.15, -0.1) is 0 Å². The van der Waals surface area contributed by atoms with Crippen LogP contribution in [0.15, 0.2) is 67.3 Å². The summed E-state index contributed by atoms with van der Waals surface area (Å²) >= 11 is 5.67. The van der Waals surface area contributed by atoms with Gasteiger partial charge in [0.25, 0.3) is 0 Å². The molecule has 3 aromatic heterocycles. The number of nitrogens with zero attached hydrogens (tertiary/aromatic N) is 4. The van der Waals surface area contributed by atoms with Crippen LogP contribution in [0.25, 0.3) is 0 Å². The maximum Gasteiger partial charge on any atom is 0.170 e. The Morgan fingerprint density at radius 3 is 2.60 bits per heavy atom. The minimum atomic E-state index is 0.0177. The Morgan fingerprint density at radius 2 is 1.92 bits per heavy atom. The van der Waals surface area contributed by atoms with E-state index in [9.17, 15) is 0 Å². The molecule has 1 saturated heterocycles. The topological polar surface area (TPSA) is 46.0 Å². The summed E-state index contributed by atoms with van der Waals surface area (Å²) in [6.07, 6.45) is 7.52. The molecule has 0 bridgehead atoms. The van der Waals surface area contributed by atoms with Crippen LogP contribution >= 0.6 is 12.2 Å². The number of nitrogens with one attached hydrogen (secondary N) is 1. The molecule has 2 atom stereocenters. The Kier molecular flexibility index (Phi) is 4.19. The SMILES string of the molecule is Cn1cccc1C1C(c2ccccn2)NC(=S)N1Cc1ccncc1. The monoisotopic (exact) mass is 349 g/mol. The van der Waals surface area contributed by atoms with Crippen molar-refractivity contribution in [1.82, 2.24) is 24.8 Å². The quantitative estimate of drug-likeness (QED) is 0.734. The molecule has 25 heavy (non-hydrogen) atoms. The molecule has 4 heterocycles. The molecule has 4 rings (SSSR count). The van der Waals surface area contributed by atoms with E-state index < -0.39 is 0 Å². The van der Waals surface area contributed by atoms with E-state index in [2.05, 4.69) is 50.1 Å². The van der Waals surface area contributed by atoms with Crippen LogP contribution in [0.3, 0.4) is 0 Å². The Bertz CT molecular complexity index is 862. The highest BCUT2D eigenvalue weighted by molar-refractivity contribution is 7.80. The molecule has 0 aliphatic carbocycles. The van der Waals surface area contributed by atoms with Crippen molar-refractivity contribution in [3.05, 3.63) is 84.2 Å². The number of aromatic nitrogens is 3. The van der Waals surface area contributed by atoms with E-state index in [-0.39, 0.29) is 12.1 Å². The molecular formula is C19H19N5S. The van der Waals surface area contributed by atoms with Gasteiger partial charge in [-0.2, -0.15) is 0 Å². The lowest BCUT2D eigenvalue weighted by Crippen LogP contribution is -2.29. The first-order valence-corrected chi connectivity index (χ1v) is 8.63. The molecule has 1 fully saturated rings. The van der Waals surface area contributed by atoms with Gasteiger partial charge in [-0.3, -0.25) is 9.97 Å². The van der Waals surface area contributed by atoms with E-state index in [4.69, 9.17) is 12.2 Å². The van der Waals surface area contributed by atoms with Crippen molar-refractivity contribution in [3.8, 4) is 0 Å². The first-order valence-electron chi connectivity index (χ1n) is 8.22. The highest BCUT2D eigenvalue weighted by atomic mass is 32.1. The van der Waals surface area contributed by atoms with Crippen LogP contribution in [0.4, 0.5) is 0 Å². The molecule has 0 saturated carbocycles. The van der Waals surface area contributed by atoms with Crippen molar-refractivity contribution in [2.24, 2.45) is 7.05 Å². The number of hydrogen-bond acceptors (Lipinski definition) is 3. The fraction of sp³-hybridized carbons (Fsp3) is 0.211. The fourth-order valence-corrected chi connectivity index (χ4v) is 3.67. The summed E-state index contributed by atoms with van der Waals surface area (Å²) in [5.74, 6) is 0. The van der Waals surface area contributed by atoms with Crippen molar-refractivity contribution in [2.75, 3.05) is 0 Å². The third-order valence-corrected chi connectivity index (χ3v) is 4.94. The average molecular weight is 349 g/mol. The van der Waals surface area contributed by atoms with E-state index in [1.807, 2.05) is 48.9 Å². The molecule has 3 aromatic rings. The lowest BCUT2D eigenvalue weighted by Gasteiger charge is -2.28. The van der Waals surface area contributed by atoms with Gasteiger partial charge >= 0.3 is 0 Å².